The van der Waals surface area contributed by atoms with Gasteiger partial charge in [-0.3, -0.25) is 0 Å². The predicted octanol–water partition coefficient (Wildman–Crippen LogP) is 6.18. The number of aliphatic hydroxyl groups is 2. The molecule has 4 aromatic rings. The summed E-state index contributed by atoms with van der Waals surface area (Å²) in [6.07, 6.45) is -1.18. The molecule has 29 heavy (non-hydrogen) atoms. The Kier molecular flexibility index (Phi) is 5.85. The van der Waals surface area contributed by atoms with E-state index >= 15 is 0 Å². The van der Waals surface area contributed by atoms with Crippen molar-refractivity contribution in [1.82, 2.24) is 0 Å². The maximum Gasteiger partial charge on any atom is 0.0818 e. The summed E-state index contributed by atoms with van der Waals surface area (Å²) in [5, 5.41) is 21.2. The molecule has 0 saturated carbocycles. The number of aliphatic hydroxyl groups excluding tert-OH is 2. The SMILES string of the molecule is OC(CC(O)c1ccc(-c2ccccc2)cc1)c1ccc(-c2ccccc2)cc1. The van der Waals surface area contributed by atoms with E-state index in [2.05, 4.69) is 24.3 Å². The molecule has 0 bridgehead atoms. The first kappa shape index (κ1) is 19.1. The molecule has 0 saturated heterocycles. The van der Waals surface area contributed by atoms with Crippen molar-refractivity contribution in [2.45, 2.75) is 18.6 Å². The highest BCUT2D eigenvalue weighted by molar-refractivity contribution is 5.64. The molecule has 0 aliphatic rings. The third kappa shape index (κ3) is 4.62. The van der Waals surface area contributed by atoms with Gasteiger partial charge in [-0.2, -0.15) is 0 Å². The van der Waals surface area contributed by atoms with E-state index < -0.39 is 12.2 Å². The Labute approximate surface area is 171 Å². The zero-order chi connectivity index (χ0) is 20.1. The minimum absolute atomic E-state index is 0.259. The van der Waals surface area contributed by atoms with Crippen molar-refractivity contribution in [3.63, 3.8) is 0 Å². The third-order valence-electron chi connectivity index (χ3n) is 5.25. The number of hydrogen-bond acceptors (Lipinski definition) is 2. The zero-order valence-corrected chi connectivity index (χ0v) is 16.1. The normalized spacial score (nSPS) is 13.0. The Morgan fingerprint density at radius 2 is 0.724 bits per heavy atom. The second-order valence-corrected chi connectivity index (χ2v) is 7.24. The van der Waals surface area contributed by atoms with E-state index in [1.54, 1.807) is 0 Å². The van der Waals surface area contributed by atoms with E-state index in [0.29, 0.717) is 0 Å². The molecular weight excluding hydrogens is 356 g/mol. The van der Waals surface area contributed by atoms with E-state index in [9.17, 15) is 10.2 Å². The first-order chi connectivity index (χ1) is 14.2. The molecule has 2 nitrogen and oxygen atoms in total. The van der Waals surface area contributed by atoms with Gasteiger partial charge in [0.1, 0.15) is 0 Å². The van der Waals surface area contributed by atoms with Crippen molar-refractivity contribution in [3.05, 3.63) is 120 Å². The summed E-state index contributed by atoms with van der Waals surface area (Å²) >= 11 is 0. The van der Waals surface area contributed by atoms with Crippen molar-refractivity contribution in [1.29, 1.82) is 0 Å². The van der Waals surface area contributed by atoms with Crippen LogP contribution in [0.25, 0.3) is 22.3 Å². The average molecular weight is 380 g/mol. The van der Waals surface area contributed by atoms with Gasteiger partial charge in [-0.15, -0.1) is 0 Å². The summed E-state index contributed by atoms with van der Waals surface area (Å²) in [5.74, 6) is 0. The standard InChI is InChI=1S/C27H24O2/c28-26(24-15-11-22(12-16-24)20-7-3-1-4-8-20)19-27(29)25-17-13-23(14-18-25)21-9-5-2-6-10-21/h1-18,26-29H,19H2. The minimum Gasteiger partial charge on any atom is -0.388 e. The molecule has 0 spiro atoms. The molecule has 0 amide bonds. The molecule has 0 heterocycles. The van der Waals surface area contributed by atoms with Gasteiger partial charge < -0.3 is 10.2 Å². The Morgan fingerprint density at radius 3 is 1.07 bits per heavy atom. The second kappa shape index (κ2) is 8.87. The van der Waals surface area contributed by atoms with Crippen LogP contribution in [0.15, 0.2) is 109 Å². The molecule has 2 atom stereocenters. The van der Waals surface area contributed by atoms with Gasteiger partial charge in [0, 0.05) is 6.42 Å². The fourth-order valence-corrected chi connectivity index (χ4v) is 3.54. The van der Waals surface area contributed by atoms with E-state index in [0.717, 1.165) is 33.4 Å². The maximum atomic E-state index is 10.6. The molecule has 0 aliphatic heterocycles. The van der Waals surface area contributed by atoms with Gasteiger partial charge in [0.25, 0.3) is 0 Å². The minimum atomic E-state index is -0.719. The Hall–Kier alpha value is -3.20. The fourth-order valence-electron chi connectivity index (χ4n) is 3.54. The summed E-state index contributed by atoms with van der Waals surface area (Å²) in [4.78, 5) is 0. The van der Waals surface area contributed by atoms with Crippen LogP contribution in [-0.2, 0) is 0 Å². The van der Waals surface area contributed by atoms with Gasteiger partial charge in [-0.25, -0.2) is 0 Å². The van der Waals surface area contributed by atoms with Gasteiger partial charge >= 0.3 is 0 Å². The van der Waals surface area contributed by atoms with Gasteiger partial charge in [0.2, 0.25) is 0 Å². The van der Waals surface area contributed by atoms with Crippen molar-refractivity contribution in [3.8, 4) is 22.3 Å². The van der Waals surface area contributed by atoms with Crippen LogP contribution in [0.3, 0.4) is 0 Å². The van der Waals surface area contributed by atoms with Crippen molar-refractivity contribution < 1.29 is 10.2 Å². The van der Waals surface area contributed by atoms with E-state index in [4.69, 9.17) is 0 Å². The molecule has 2 N–H and O–H groups in total. The third-order valence-corrected chi connectivity index (χ3v) is 5.25. The molecule has 0 aromatic heterocycles. The Bertz CT molecular complexity index is 936. The molecular formula is C27H24O2. The molecule has 4 rings (SSSR count). The predicted molar refractivity (Wildman–Crippen MR) is 118 cm³/mol. The first-order valence-electron chi connectivity index (χ1n) is 9.87. The van der Waals surface area contributed by atoms with Crippen LogP contribution < -0.4 is 0 Å². The number of rotatable bonds is 6. The second-order valence-electron chi connectivity index (χ2n) is 7.24. The molecule has 2 unspecified atom stereocenters. The van der Waals surface area contributed by atoms with E-state index in [1.165, 1.54) is 0 Å². The highest BCUT2D eigenvalue weighted by Crippen LogP contribution is 2.29. The largest absolute Gasteiger partial charge is 0.388 e. The summed E-state index contributed by atoms with van der Waals surface area (Å²) in [6.45, 7) is 0. The van der Waals surface area contributed by atoms with E-state index in [1.807, 2.05) is 84.9 Å². The molecule has 144 valence electrons. The van der Waals surface area contributed by atoms with Crippen LogP contribution in [0.1, 0.15) is 29.8 Å². The van der Waals surface area contributed by atoms with Crippen molar-refractivity contribution in [2.75, 3.05) is 0 Å². The Balaban J connectivity index is 1.42. The van der Waals surface area contributed by atoms with Gasteiger partial charge in [-0.05, 0) is 33.4 Å². The number of benzene rings is 4. The topological polar surface area (TPSA) is 40.5 Å². The van der Waals surface area contributed by atoms with E-state index in [-0.39, 0.29) is 6.42 Å². The van der Waals surface area contributed by atoms with Crippen LogP contribution in [0.4, 0.5) is 0 Å². The smallest absolute Gasteiger partial charge is 0.0818 e. The van der Waals surface area contributed by atoms with Gasteiger partial charge in [0.15, 0.2) is 0 Å². The van der Waals surface area contributed by atoms with Gasteiger partial charge in [0.05, 0.1) is 12.2 Å². The molecule has 0 radical (unpaired) electrons. The lowest BCUT2D eigenvalue weighted by Crippen LogP contribution is -2.05. The lowest BCUT2D eigenvalue weighted by Gasteiger charge is -2.17. The van der Waals surface area contributed by atoms with Crippen LogP contribution >= 0.6 is 0 Å². The summed E-state index contributed by atoms with van der Waals surface area (Å²) in [5.41, 5.74) is 6.13. The maximum absolute atomic E-state index is 10.6. The monoisotopic (exact) mass is 380 g/mol. The van der Waals surface area contributed by atoms with Crippen LogP contribution in [-0.4, -0.2) is 10.2 Å². The zero-order valence-electron chi connectivity index (χ0n) is 16.1. The highest BCUT2D eigenvalue weighted by atomic mass is 16.3. The molecule has 4 aromatic carbocycles. The van der Waals surface area contributed by atoms with Crippen molar-refractivity contribution >= 4 is 0 Å². The number of hydrogen-bond donors (Lipinski definition) is 2. The quantitative estimate of drug-likeness (QED) is 0.419. The Morgan fingerprint density at radius 1 is 0.414 bits per heavy atom. The van der Waals surface area contributed by atoms with Crippen molar-refractivity contribution in [2.24, 2.45) is 0 Å². The first-order valence-corrected chi connectivity index (χ1v) is 9.87. The fraction of sp³-hybridized carbons (Fsp3) is 0.111. The van der Waals surface area contributed by atoms with Crippen LogP contribution in [0, 0.1) is 0 Å². The molecule has 2 heteroatoms. The van der Waals surface area contributed by atoms with Crippen LogP contribution in [0.5, 0.6) is 0 Å². The van der Waals surface area contributed by atoms with Gasteiger partial charge in [-0.1, -0.05) is 109 Å². The lowest BCUT2D eigenvalue weighted by atomic mass is 9.96. The molecule has 0 fully saturated rings. The highest BCUT2D eigenvalue weighted by Gasteiger charge is 2.16. The summed E-state index contributed by atoms with van der Waals surface area (Å²) < 4.78 is 0. The molecule has 0 aliphatic carbocycles. The summed E-state index contributed by atoms with van der Waals surface area (Å²) in [7, 11) is 0. The lowest BCUT2D eigenvalue weighted by molar-refractivity contribution is 0.0804. The summed E-state index contributed by atoms with van der Waals surface area (Å²) in [6, 6.07) is 36.0. The van der Waals surface area contributed by atoms with Crippen LogP contribution in [0.2, 0.25) is 0 Å². The average Bonchev–Trinajstić information content (AvgIpc) is 2.80.